The van der Waals surface area contributed by atoms with Crippen molar-refractivity contribution in [1.82, 2.24) is 4.90 Å². The number of benzene rings is 2. The van der Waals surface area contributed by atoms with Crippen LogP contribution in [0.5, 0.6) is 11.5 Å². The van der Waals surface area contributed by atoms with Crippen molar-refractivity contribution >= 4 is 44.9 Å². The normalized spacial score (nSPS) is 15.4. The van der Waals surface area contributed by atoms with Gasteiger partial charge < -0.3 is 9.47 Å². The van der Waals surface area contributed by atoms with Crippen molar-refractivity contribution in [1.29, 1.82) is 0 Å². The maximum atomic E-state index is 12.6. The van der Waals surface area contributed by atoms with Crippen LogP contribution in [0.25, 0.3) is 6.08 Å². The lowest BCUT2D eigenvalue weighted by molar-refractivity contribution is -0.123. The van der Waals surface area contributed by atoms with E-state index in [-0.39, 0.29) is 17.2 Å². The number of amides is 2. The topological polar surface area (TPSA) is 55.8 Å². The Hall–Kier alpha value is -2.25. The molecule has 30 heavy (non-hydrogen) atoms. The second-order valence-electron chi connectivity index (χ2n) is 7.18. The molecule has 1 aliphatic heterocycles. The van der Waals surface area contributed by atoms with Gasteiger partial charge in [-0.05, 0) is 84.7 Å². The summed E-state index contributed by atoms with van der Waals surface area (Å²) in [5.41, 5.74) is 3.00. The van der Waals surface area contributed by atoms with Crippen LogP contribution in [0.3, 0.4) is 0 Å². The van der Waals surface area contributed by atoms with E-state index in [1.165, 1.54) is 10.5 Å². The Labute approximate surface area is 189 Å². The molecule has 2 aromatic carbocycles. The van der Waals surface area contributed by atoms with Crippen molar-refractivity contribution in [3.8, 4) is 11.5 Å². The predicted molar refractivity (Wildman–Crippen MR) is 124 cm³/mol. The van der Waals surface area contributed by atoms with Gasteiger partial charge in [-0.2, -0.15) is 0 Å². The van der Waals surface area contributed by atoms with Gasteiger partial charge in [-0.3, -0.25) is 14.5 Å². The molecule has 0 N–H and O–H groups in total. The van der Waals surface area contributed by atoms with Gasteiger partial charge in [-0.25, -0.2) is 0 Å². The first kappa shape index (κ1) is 22.4. The lowest BCUT2D eigenvalue weighted by atomic mass is 10.1. The van der Waals surface area contributed by atoms with Gasteiger partial charge in [-0.15, -0.1) is 0 Å². The molecule has 1 aliphatic rings. The number of ether oxygens (including phenoxy) is 2. The molecule has 0 saturated carbocycles. The zero-order valence-corrected chi connectivity index (χ0v) is 19.8. The molecule has 2 amide bonds. The van der Waals surface area contributed by atoms with Crippen LogP contribution in [0.15, 0.2) is 45.8 Å². The molecule has 1 saturated heterocycles. The number of aryl methyl sites for hydroxylation is 1. The van der Waals surface area contributed by atoms with Crippen LogP contribution in [0, 0.1) is 6.92 Å². The SMILES string of the molecule is CCOc1cc(/C=C2\SC(=O)N(C(C)C)C2=O)cc(Br)c1OCc1ccc(C)cc1. The molecule has 1 heterocycles. The van der Waals surface area contributed by atoms with Crippen molar-refractivity contribution in [2.24, 2.45) is 0 Å². The number of carbonyl (C=O) groups is 2. The van der Waals surface area contributed by atoms with Crippen LogP contribution >= 0.6 is 27.7 Å². The number of nitrogens with zero attached hydrogens (tertiary/aromatic N) is 1. The first-order valence-corrected chi connectivity index (χ1v) is 11.3. The highest BCUT2D eigenvalue weighted by Crippen LogP contribution is 2.40. The minimum Gasteiger partial charge on any atom is -0.490 e. The quantitative estimate of drug-likeness (QED) is 0.434. The van der Waals surface area contributed by atoms with Gasteiger partial charge >= 0.3 is 0 Å². The largest absolute Gasteiger partial charge is 0.490 e. The van der Waals surface area contributed by atoms with E-state index in [4.69, 9.17) is 9.47 Å². The second kappa shape index (κ2) is 9.71. The number of thioether (sulfide) groups is 1. The second-order valence-corrected chi connectivity index (χ2v) is 9.03. The van der Waals surface area contributed by atoms with E-state index in [1.807, 2.05) is 64.1 Å². The van der Waals surface area contributed by atoms with E-state index in [0.717, 1.165) is 27.4 Å². The third-order valence-electron chi connectivity index (χ3n) is 4.47. The van der Waals surface area contributed by atoms with Crippen molar-refractivity contribution in [2.45, 2.75) is 40.3 Å². The zero-order valence-electron chi connectivity index (χ0n) is 17.4. The molecule has 0 bridgehead atoms. The molecular formula is C23H24BrNO4S. The van der Waals surface area contributed by atoms with Gasteiger partial charge in [0.2, 0.25) is 0 Å². The van der Waals surface area contributed by atoms with Crippen molar-refractivity contribution in [3.05, 3.63) is 62.5 Å². The lowest BCUT2D eigenvalue weighted by Crippen LogP contribution is -2.34. The molecule has 0 spiro atoms. The number of hydrogen-bond acceptors (Lipinski definition) is 5. The standard InChI is InChI=1S/C23H24BrNO4S/c1-5-28-19-11-17(12-20-22(26)25(14(2)3)23(27)30-20)10-18(24)21(19)29-13-16-8-6-15(4)7-9-16/h6-12,14H,5,13H2,1-4H3/b20-12-. The molecule has 2 aromatic rings. The minimum absolute atomic E-state index is 0.174. The molecule has 158 valence electrons. The molecule has 0 radical (unpaired) electrons. The summed E-state index contributed by atoms with van der Waals surface area (Å²) in [4.78, 5) is 26.4. The Morgan fingerprint density at radius 2 is 1.83 bits per heavy atom. The maximum Gasteiger partial charge on any atom is 0.293 e. The van der Waals surface area contributed by atoms with E-state index in [9.17, 15) is 9.59 Å². The maximum absolute atomic E-state index is 12.6. The summed E-state index contributed by atoms with van der Waals surface area (Å²) in [6.07, 6.45) is 1.71. The van der Waals surface area contributed by atoms with Crippen LogP contribution in [0.2, 0.25) is 0 Å². The van der Waals surface area contributed by atoms with Crippen LogP contribution < -0.4 is 9.47 Å². The Kier molecular flexibility index (Phi) is 7.26. The summed E-state index contributed by atoms with van der Waals surface area (Å²) >= 11 is 4.52. The molecule has 3 rings (SSSR count). The number of rotatable bonds is 7. The third-order valence-corrected chi connectivity index (χ3v) is 5.95. The summed E-state index contributed by atoms with van der Waals surface area (Å²) in [7, 11) is 0. The molecular weight excluding hydrogens is 466 g/mol. The predicted octanol–water partition coefficient (Wildman–Crippen LogP) is 6.18. The molecule has 1 fully saturated rings. The average Bonchev–Trinajstić information content (AvgIpc) is 2.96. The molecule has 0 unspecified atom stereocenters. The van der Waals surface area contributed by atoms with E-state index in [2.05, 4.69) is 15.9 Å². The number of carbonyl (C=O) groups excluding carboxylic acids is 2. The van der Waals surface area contributed by atoms with Gasteiger partial charge in [0.05, 0.1) is 16.0 Å². The number of imide groups is 1. The summed E-state index contributed by atoms with van der Waals surface area (Å²) in [6.45, 7) is 8.47. The fourth-order valence-electron chi connectivity index (χ4n) is 2.99. The van der Waals surface area contributed by atoms with Gasteiger partial charge in [0.25, 0.3) is 11.1 Å². The molecule has 5 nitrogen and oxygen atoms in total. The highest BCUT2D eigenvalue weighted by Gasteiger charge is 2.36. The fourth-order valence-corrected chi connectivity index (χ4v) is 4.53. The summed E-state index contributed by atoms with van der Waals surface area (Å²) in [6, 6.07) is 11.7. The van der Waals surface area contributed by atoms with Gasteiger partial charge in [-0.1, -0.05) is 29.8 Å². The highest BCUT2D eigenvalue weighted by atomic mass is 79.9. The number of hydrogen-bond donors (Lipinski definition) is 0. The lowest BCUT2D eigenvalue weighted by Gasteiger charge is -2.16. The van der Waals surface area contributed by atoms with E-state index < -0.39 is 0 Å². The summed E-state index contributed by atoms with van der Waals surface area (Å²) in [5.74, 6) is 0.909. The first-order valence-electron chi connectivity index (χ1n) is 9.72. The Morgan fingerprint density at radius 3 is 2.43 bits per heavy atom. The third kappa shape index (κ3) is 5.08. The Morgan fingerprint density at radius 1 is 1.13 bits per heavy atom. The Balaban J connectivity index is 1.86. The van der Waals surface area contributed by atoms with Crippen LogP contribution in [0.4, 0.5) is 4.79 Å². The molecule has 0 atom stereocenters. The first-order chi connectivity index (χ1) is 14.3. The Bertz CT molecular complexity index is 985. The highest BCUT2D eigenvalue weighted by molar-refractivity contribution is 9.10. The monoisotopic (exact) mass is 489 g/mol. The van der Waals surface area contributed by atoms with E-state index in [0.29, 0.717) is 29.6 Å². The van der Waals surface area contributed by atoms with Crippen LogP contribution in [0.1, 0.15) is 37.5 Å². The van der Waals surface area contributed by atoms with Crippen molar-refractivity contribution in [2.75, 3.05) is 6.61 Å². The van der Waals surface area contributed by atoms with Gasteiger partial charge in [0, 0.05) is 6.04 Å². The zero-order chi connectivity index (χ0) is 21.8. The van der Waals surface area contributed by atoms with Crippen LogP contribution in [-0.4, -0.2) is 28.7 Å². The minimum atomic E-state index is -0.270. The van der Waals surface area contributed by atoms with Gasteiger partial charge in [0.1, 0.15) is 6.61 Å². The van der Waals surface area contributed by atoms with Gasteiger partial charge in [0.15, 0.2) is 11.5 Å². The van der Waals surface area contributed by atoms with E-state index >= 15 is 0 Å². The summed E-state index contributed by atoms with van der Waals surface area (Å²) < 4.78 is 12.5. The fraction of sp³-hybridized carbons (Fsp3) is 0.304. The molecule has 0 aromatic heterocycles. The number of halogens is 1. The molecule has 7 heteroatoms. The van der Waals surface area contributed by atoms with Crippen LogP contribution in [-0.2, 0) is 11.4 Å². The smallest absolute Gasteiger partial charge is 0.293 e. The van der Waals surface area contributed by atoms with E-state index in [1.54, 1.807) is 6.08 Å². The average molecular weight is 490 g/mol. The van der Waals surface area contributed by atoms with Crippen molar-refractivity contribution in [3.63, 3.8) is 0 Å². The summed E-state index contributed by atoms with van der Waals surface area (Å²) in [5, 5.41) is -0.247. The van der Waals surface area contributed by atoms with Crippen molar-refractivity contribution < 1.29 is 19.1 Å². The molecule has 0 aliphatic carbocycles.